The Labute approximate surface area is 242 Å². The van der Waals surface area contributed by atoms with Crippen LogP contribution in [0.4, 0.5) is 5.69 Å². The van der Waals surface area contributed by atoms with Gasteiger partial charge in [0, 0.05) is 46.9 Å². The number of carboxylic acids is 1. The largest absolute Gasteiger partial charge is 0.478 e. The van der Waals surface area contributed by atoms with Crippen molar-refractivity contribution in [3.8, 4) is 10.7 Å². The number of hydrogen-bond donors (Lipinski definition) is 3. The van der Waals surface area contributed by atoms with E-state index < -0.39 is 11.5 Å². The zero-order valence-electron chi connectivity index (χ0n) is 22.9. The van der Waals surface area contributed by atoms with Gasteiger partial charge in [0.2, 0.25) is 5.91 Å². The average Bonchev–Trinajstić information content (AvgIpc) is 3.71. The van der Waals surface area contributed by atoms with Crippen molar-refractivity contribution in [2.24, 2.45) is 7.05 Å². The maximum atomic E-state index is 13.5. The predicted molar refractivity (Wildman–Crippen MR) is 161 cm³/mol. The first kappa shape index (κ1) is 27.0. The number of aliphatic carboxylic acids is 1. The molecule has 2 saturated carbocycles. The maximum absolute atomic E-state index is 13.5. The number of benzene rings is 2. The smallest absolute Gasteiger partial charge is 0.328 e. The number of aromatic nitrogens is 2. The van der Waals surface area contributed by atoms with Crippen molar-refractivity contribution in [3.63, 3.8) is 0 Å². The normalized spacial score (nSPS) is 16.6. The molecule has 0 bridgehead atoms. The number of nitrogens with one attached hydrogen (secondary N) is 2. The molecular weight excluding hydrogens is 536 g/mol. The fourth-order valence-corrected chi connectivity index (χ4v) is 6.89. The molecule has 210 valence electrons. The van der Waals surface area contributed by atoms with Gasteiger partial charge in [-0.1, -0.05) is 31.0 Å². The number of carboxylic acid groups (broad SMARTS) is 1. The van der Waals surface area contributed by atoms with Crippen molar-refractivity contribution < 1.29 is 19.5 Å². The van der Waals surface area contributed by atoms with Gasteiger partial charge < -0.3 is 20.3 Å². The number of nitrogens with zero attached hydrogens (tertiary/aromatic N) is 2. The first-order valence-electron chi connectivity index (χ1n) is 14.0. The number of fused-ring (bicyclic) bond motifs is 1. The van der Waals surface area contributed by atoms with E-state index in [-0.39, 0.29) is 11.8 Å². The number of aryl methyl sites for hydroxylation is 1. The molecule has 2 aromatic heterocycles. The zero-order chi connectivity index (χ0) is 28.6. The monoisotopic (exact) mass is 568 g/mol. The molecule has 0 spiro atoms. The van der Waals surface area contributed by atoms with Gasteiger partial charge in [-0.15, -0.1) is 11.3 Å². The second kappa shape index (κ2) is 11.0. The second-order valence-electron chi connectivity index (χ2n) is 11.0. The molecule has 2 aliphatic carbocycles. The van der Waals surface area contributed by atoms with Crippen LogP contribution in [0.1, 0.15) is 72.3 Å². The standard InChI is InChI=1S/C32H32N4O4S/c1-36-25-19-22(10-13-24(25)27(21-5-2-3-6-21)28(36)30-33-17-18-41-30)29(39)35-32(15-4-16-32)31(40)34-23-11-7-20(8-12-23)9-14-26(37)38/h7-14,17-19,21H,2-6,15-16H2,1H3,(H,34,40)(H,35,39)(H,37,38)/b14-9+. The van der Waals surface area contributed by atoms with E-state index >= 15 is 0 Å². The summed E-state index contributed by atoms with van der Waals surface area (Å²) in [5.41, 5.74) is 4.32. The third-order valence-corrected chi connectivity index (χ3v) is 9.26. The third kappa shape index (κ3) is 5.17. The second-order valence-corrected chi connectivity index (χ2v) is 11.9. The lowest BCUT2D eigenvalue weighted by Crippen LogP contribution is -2.61. The minimum atomic E-state index is -1.02. The van der Waals surface area contributed by atoms with Gasteiger partial charge in [0.1, 0.15) is 10.5 Å². The number of amides is 2. The lowest BCUT2D eigenvalue weighted by Gasteiger charge is -2.40. The van der Waals surface area contributed by atoms with E-state index in [2.05, 4.69) is 26.3 Å². The van der Waals surface area contributed by atoms with Gasteiger partial charge in [-0.25, -0.2) is 9.78 Å². The highest BCUT2D eigenvalue weighted by molar-refractivity contribution is 7.13. The molecule has 41 heavy (non-hydrogen) atoms. The van der Waals surface area contributed by atoms with E-state index in [0.29, 0.717) is 35.6 Å². The summed E-state index contributed by atoms with van der Waals surface area (Å²) < 4.78 is 2.17. The fourth-order valence-electron chi connectivity index (χ4n) is 6.16. The molecule has 2 aliphatic rings. The van der Waals surface area contributed by atoms with Crippen LogP contribution in [0.2, 0.25) is 0 Å². The lowest BCUT2D eigenvalue weighted by atomic mass is 9.75. The van der Waals surface area contributed by atoms with Crippen molar-refractivity contribution in [1.82, 2.24) is 14.9 Å². The fraction of sp³-hybridized carbons (Fsp3) is 0.312. The van der Waals surface area contributed by atoms with Gasteiger partial charge in [-0.05, 0) is 79.5 Å². The molecule has 4 aromatic rings. The van der Waals surface area contributed by atoms with E-state index in [0.717, 1.165) is 28.7 Å². The summed E-state index contributed by atoms with van der Waals surface area (Å²) in [5.74, 6) is -1.05. The van der Waals surface area contributed by atoms with Gasteiger partial charge in [-0.2, -0.15) is 0 Å². The molecule has 8 nitrogen and oxygen atoms in total. The van der Waals surface area contributed by atoms with E-state index in [4.69, 9.17) is 5.11 Å². The van der Waals surface area contributed by atoms with Crippen molar-refractivity contribution in [1.29, 1.82) is 0 Å². The predicted octanol–water partition coefficient (Wildman–Crippen LogP) is 6.35. The highest BCUT2D eigenvalue weighted by Crippen LogP contribution is 2.45. The molecule has 0 atom stereocenters. The molecule has 9 heteroatoms. The molecule has 2 aromatic carbocycles. The lowest BCUT2D eigenvalue weighted by molar-refractivity contribution is -0.131. The first-order valence-corrected chi connectivity index (χ1v) is 14.9. The van der Waals surface area contributed by atoms with Gasteiger partial charge in [0.15, 0.2) is 0 Å². The summed E-state index contributed by atoms with van der Waals surface area (Å²) >= 11 is 1.63. The number of carbonyl (C=O) groups excluding carboxylic acids is 2. The Morgan fingerprint density at radius 2 is 1.83 bits per heavy atom. The Bertz CT molecular complexity index is 1640. The molecule has 2 amide bonds. The number of rotatable bonds is 8. The van der Waals surface area contributed by atoms with E-state index in [1.54, 1.807) is 35.6 Å². The summed E-state index contributed by atoms with van der Waals surface area (Å²) in [7, 11) is 2.04. The molecule has 0 radical (unpaired) electrons. The zero-order valence-corrected chi connectivity index (χ0v) is 23.7. The summed E-state index contributed by atoms with van der Waals surface area (Å²) in [6.07, 6.45) is 11.2. The van der Waals surface area contributed by atoms with Crippen LogP contribution in [-0.4, -0.2) is 38.0 Å². The first-order chi connectivity index (χ1) is 19.8. The molecular formula is C32H32N4O4S. The van der Waals surface area contributed by atoms with Gasteiger partial charge in [-0.3, -0.25) is 9.59 Å². The van der Waals surface area contributed by atoms with Crippen LogP contribution in [-0.2, 0) is 16.6 Å². The molecule has 0 unspecified atom stereocenters. The Morgan fingerprint density at radius 3 is 2.46 bits per heavy atom. The van der Waals surface area contributed by atoms with Crippen molar-refractivity contribution in [2.45, 2.75) is 56.4 Å². The highest BCUT2D eigenvalue weighted by atomic mass is 32.1. The van der Waals surface area contributed by atoms with Crippen LogP contribution >= 0.6 is 11.3 Å². The van der Waals surface area contributed by atoms with Crippen molar-refractivity contribution in [3.05, 3.63) is 76.8 Å². The van der Waals surface area contributed by atoms with Crippen LogP contribution < -0.4 is 10.6 Å². The number of hydrogen-bond acceptors (Lipinski definition) is 5. The molecule has 0 aliphatic heterocycles. The summed E-state index contributed by atoms with van der Waals surface area (Å²) in [5, 5.41) is 18.9. The van der Waals surface area contributed by atoms with Gasteiger partial charge in [0.25, 0.3) is 5.91 Å². The topological polar surface area (TPSA) is 113 Å². The Hall–Kier alpha value is -4.24. The molecule has 6 rings (SSSR count). The van der Waals surface area contributed by atoms with Gasteiger partial charge in [0.05, 0.1) is 5.69 Å². The SMILES string of the molecule is Cn1c(-c2nccs2)c(C2CCCC2)c2ccc(C(=O)NC3(C(=O)Nc4ccc(/C=C/C(=O)O)cc4)CCC3)cc21. The summed E-state index contributed by atoms with van der Waals surface area (Å²) in [6, 6.07) is 12.8. The average molecular weight is 569 g/mol. The molecule has 0 saturated heterocycles. The van der Waals surface area contributed by atoms with Crippen LogP contribution in [0.3, 0.4) is 0 Å². The van der Waals surface area contributed by atoms with Crippen LogP contribution in [0, 0.1) is 0 Å². The van der Waals surface area contributed by atoms with E-state index in [1.807, 2.05) is 30.8 Å². The van der Waals surface area contributed by atoms with Crippen molar-refractivity contribution >= 4 is 51.8 Å². The summed E-state index contributed by atoms with van der Waals surface area (Å²) in [4.78, 5) is 42.3. The number of thiazole rings is 1. The Morgan fingerprint density at radius 1 is 1.07 bits per heavy atom. The minimum absolute atomic E-state index is 0.250. The van der Waals surface area contributed by atoms with Crippen LogP contribution in [0.5, 0.6) is 0 Å². The molecule has 2 fully saturated rings. The minimum Gasteiger partial charge on any atom is -0.478 e. The Kier molecular flexibility index (Phi) is 7.21. The van der Waals surface area contributed by atoms with Crippen LogP contribution in [0.25, 0.3) is 27.7 Å². The number of anilines is 1. The summed E-state index contributed by atoms with van der Waals surface area (Å²) in [6.45, 7) is 0. The van der Waals surface area contributed by atoms with E-state index in [1.165, 1.54) is 42.7 Å². The molecule has 2 heterocycles. The quantitative estimate of drug-likeness (QED) is 0.215. The van der Waals surface area contributed by atoms with Crippen LogP contribution in [0.15, 0.2) is 60.1 Å². The van der Waals surface area contributed by atoms with Gasteiger partial charge >= 0.3 is 5.97 Å². The highest BCUT2D eigenvalue weighted by Gasteiger charge is 2.45. The Balaban J connectivity index is 1.24. The third-order valence-electron chi connectivity index (χ3n) is 8.48. The van der Waals surface area contributed by atoms with E-state index in [9.17, 15) is 14.4 Å². The maximum Gasteiger partial charge on any atom is 0.328 e. The van der Waals surface area contributed by atoms with Crippen molar-refractivity contribution in [2.75, 3.05) is 5.32 Å². The molecule has 3 N–H and O–H groups in total. The number of carbonyl (C=O) groups is 3.